The van der Waals surface area contributed by atoms with E-state index in [-0.39, 0.29) is 17.0 Å². The van der Waals surface area contributed by atoms with Gasteiger partial charge in [-0.05, 0) is 18.4 Å². The normalized spacial score (nSPS) is 14.6. The number of hydrogen-bond donors (Lipinski definition) is 2. The standard InChI is InChI=1S/C20H16N6OS/c27-17(16-15(22-26-23-16)13-7-3-1-4-8-13)21-19-25-24-18(28-19)20(11-12-20)14-9-5-2-6-10-14/h1-10H,11-12H2,(H,21,25,27)(H,22,23,26). The van der Waals surface area contributed by atoms with Crippen LogP contribution in [0.5, 0.6) is 0 Å². The number of aromatic amines is 1. The summed E-state index contributed by atoms with van der Waals surface area (Å²) in [5.41, 5.74) is 2.73. The second kappa shape index (κ2) is 6.65. The van der Waals surface area contributed by atoms with E-state index in [1.807, 2.05) is 48.5 Å². The molecule has 1 amide bonds. The monoisotopic (exact) mass is 388 g/mol. The molecule has 0 bridgehead atoms. The fraction of sp³-hybridized carbons (Fsp3) is 0.150. The first kappa shape index (κ1) is 16.8. The van der Waals surface area contributed by atoms with Crippen LogP contribution in [0.15, 0.2) is 60.7 Å². The number of hydrogen-bond acceptors (Lipinski definition) is 6. The molecular weight excluding hydrogens is 372 g/mol. The number of rotatable bonds is 5. The Balaban J connectivity index is 1.38. The zero-order valence-electron chi connectivity index (χ0n) is 14.8. The van der Waals surface area contributed by atoms with Crippen molar-refractivity contribution < 1.29 is 4.79 Å². The number of benzene rings is 2. The van der Waals surface area contributed by atoms with Gasteiger partial charge < -0.3 is 0 Å². The number of carbonyl (C=O) groups excluding carboxylic acids is 1. The first-order valence-corrected chi connectivity index (χ1v) is 9.75. The van der Waals surface area contributed by atoms with Crippen LogP contribution in [0.2, 0.25) is 0 Å². The molecule has 2 N–H and O–H groups in total. The quantitative estimate of drug-likeness (QED) is 0.544. The van der Waals surface area contributed by atoms with Gasteiger partial charge in [0.05, 0.1) is 0 Å². The third kappa shape index (κ3) is 2.87. The van der Waals surface area contributed by atoms with Gasteiger partial charge in [-0.3, -0.25) is 10.1 Å². The fourth-order valence-corrected chi connectivity index (χ4v) is 4.33. The van der Waals surface area contributed by atoms with Gasteiger partial charge in [-0.15, -0.1) is 10.2 Å². The summed E-state index contributed by atoms with van der Waals surface area (Å²) >= 11 is 1.41. The third-order valence-electron chi connectivity index (χ3n) is 4.94. The van der Waals surface area contributed by atoms with Gasteiger partial charge in [-0.25, -0.2) is 0 Å². The molecule has 0 saturated heterocycles. The minimum Gasteiger partial charge on any atom is -0.295 e. The lowest BCUT2D eigenvalue weighted by atomic mass is 9.97. The molecule has 28 heavy (non-hydrogen) atoms. The Hall–Kier alpha value is -3.39. The van der Waals surface area contributed by atoms with Crippen molar-refractivity contribution in [2.24, 2.45) is 0 Å². The Morgan fingerprint density at radius 1 is 0.964 bits per heavy atom. The molecule has 2 aromatic carbocycles. The summed E-state index contributed by atoms with van der Waals surface area (Å²) < 4.78 is 0. The maximum absolute atomic E-state index is 12.7. The number of H-pyrrole nitrogens is 1. The predicted octanol–water partition coefficient (Wildman–Crippen LogP) is 3.66. The molecule has 8 heteroatoms. The van der Waals surface area contributed by atoms with Crippen LogP contribution < -0.4 is 5.32 Å². The van der Waals surface area contributed by atoms with Crippen LogP contribution in [0.4, 0.5) is 5.13 Å². The number of nitrogens with zero attached hydrogens (tertiary/aromatic N) is 4. The second-order valence-electron chi connectivity index (χ2n) is 6.70. The highest BCUT2D eigenvalue weighted by molar-refractivity contribution is 7.15. The minimum atomic E-state index is -0.361. The van der Waals surface area contributed by atoms with Crippen LogP contribution in [0.1, 0.15) is 33.9 Å². The molecular formula is C20H16N6OS. The van der Waals surface area contributed by atoms with Crippen LogP contribution in [-0.2, 0) is 5.41 Å². The zero-order valence-corrected chi connectivity index (χ0v) is 15.6. The van der Waals surface area contributed by atoms with Gasteiger partial charge in [0.15, 0.2) is 5.69 Å². The average molecular weight is 388 g/mol. The molecule has 1 fully saturated rings. The summed E-state index contributed by atoms with van der Waals surface area (Å²) in [5, 5.41) is 23.4. The third-order valence-corrected chi connectivity index (χ3v) is 5.98. The zero-order chi connectivity index (χ0) is 19.0. The predicted molar refractivity (Wildman–Crippen MR) is 106 cm³/mol. The summed E-state index contributed by atoms with van der Waals surface area (Å²) in [6.45, 7) is 0. The minimum absolute atomic E-state index is 0.0645. The number of amides is 1. The van der Waals surface area contributed by atoms with Crippen molar-refractivity contribution in [1.29, 1.82) is 0 Å². The number of aromatic nitrogens is 5. The van der Waals surface area contributed by atoms with Crippen molar-refractivity contribution in [2.75, 3.05) is 5.32 Å². The molecule has 7 nitrogen and oxygen atoms in total. The van der Waals surface area contributed by atoms with E-state index in [4.69, 9.17) is 0 Å². The SMILES string of the molecule is O=C(Nc1nnc(C2(c3ccccc3)CC2)s1)c1n[nH]nc1-c1ccccc1. The van der Waals surface area contributed by atoms with E-state index in [0.29, 0.717) is 10.8 Å². The van der Waals surface area contributed by atoms with Crippen molar-refractivity contribution >= 4 is 22.4 Å². The molecule has 0 unspecified atom stereocenters. The summed E-state index contributed by atoms with van der Waals surface area (Å²) in [7, 11) is 0. The van der Waals surface area contributed by atoms with Gasteiger partial charge in [0.25, 0.3) is 5.91 Å². The molecule has 1 aliphatic rings. The highest BCUT2D eigenvalue weighted by Crippen LogP contribution is 2.54. The maximum Gasteiger partial charge on any atom is 0.280 e. The highest BCUT2D eigenvalue weighted by atomic mass is 32.1. The van der Waals surface area contributed by atoms with E-state index < -0.39 is 0 Å². The van der Waals surface area contributed by atoms with Gasteiger partial charge in [-0.2, -0.15) is 15.4 Å². The van der Waals surface area contributed by atoms with Crippen molar-refractivity contribution in [1.82, 2.24) is 25.6 Å². The number of anilines is 1. The second-order valence-corrected chi connectivity index (χ2v) is 7.68. The van der Waals surface area contributed by atoms with E-state index >= 15 is 0 Å². The molecule has 0 spiro atoms. The molecule has 1 aliphatic carbocycles. The summed E-state index contributed by atoms with van der Waals surface area (Å²) in [5.74, 6) is -0.361. The lowest BCUT2D eigenvalue weighted by Gasteiger charge is -2.10. The Kier molecular flexibility index (Phi) is 3.98. The summed E-state index contributed by atoms with van der Waals surface area (Å²) in [6, 6.07) is 19.8. The lowest BCUT2D eigenvalue weighted by molar-refractivity contribution is 0.102. The van der Waals surface area contributed by atoms with Crippen molar-refractivity contribution in [3.05, 3.63) is 76.9 Å². The molecule has 2 aromatic heterocycles. The van der Waals surface area contributed by atoms with E-state index in [9.17, 15) is 4.79 Å². The Morgan fingerprint density at radius 2 is 1.68 bits per heavy atom. The fourth-order valence-electron chi connectivity index (χ4n) is 3.32. The van der Waals surface area contributed by atoms with Crippen LogP contribution in [0.25, 0.3) is 11.3 Å². The van der Waals surface area contributed by atoms with Crippen molar-refractivity contribution in [3.63, 3.8) is 0 Å². The van der Waals surface area contributed by atoms with E-state index in [1.165, 1.54) is 16.9 Å². The summed E-state index contributed by atoms with van der Waals surface area (Å²) in [4.78, 5) is 12.7. The van der Waals surface area contributed by atoms with Gasteiger partial charge >= 0.3 is 0 Å². The Labute approximate surface area is 164 Å². The van der Waals surface area contributed by atoms with Gasteiger partial charge in [-0.1, -0.05) is 72.0 Å². The van der Waals surface area contributed by atoms with Crippen LogP contribution in [0, 0.1) is 0 Å². The topological polar surface area (TPSA) is 96.5 Å². The molecule has 0 atom stereocenters. The Bertz CT molecular complexity index is 1120. The smallest absolute Gasteiger partial charge is 0.280 e. The first-order chi connectivity index (χ1) is 13.8. The molecule has 4 aromatic rings. The van der Waals surface area contributed by atoms with Crippen LogP contribution in [-0.4, -0.2) is 31.5 Å². The first-order valence-electron chi connectivity index (χ1n) is 8.93. The van der Waals surface area contributed by atoms with Gasteiger partial charge in [0, 0.05) is 11.0 Å². The lowest BCUT2D eigenvalue weighted by Crippen LogP contribution is -2.13. The van der Waals surface area contributed by atoms with E-state index in [1.54, 1.807) is 0 Å². The number of nitrogens with one attached hydrogen (secondary N) is 2. The molecule has 5 rings (SSSR count). The highest BCUT2D eigenvalue weighted by Gasteiger charge is 2.49. The van der Waals surface area contributed by atoms with Crippen molar-refractivity contribution in [3.8, 4) is 11.3 Å². The maximum atomic E-state index is 12.7. The molecule has 0 aliphatic heterocycles. The van der Waals surface area contributed by atoms with Gasteiger partial charge in [0.2, 0.25) is 5.13 Å². The molecule has 2 heterocycles. The number of carbonyl (C=O) groups is 1. The average Bonchev–Trinajstić information content (AvgIpc) is 3.17. The Morgan fingerprint density at radius 3 is 2.39 bits per heavy atom. The molecule has 1 saturated carbocycles. The van der Waals surface area contributed by atoms with Crippen LogP contribution >= 0.6 is 11.3 Å². The van der Waals surface area contributed by atoms with Gasteiger partial charge in [0.1, 0.15) is 10.7 Å². The largest absolute Gasteiger partial charge is 0.295 e. The molecule has 138 valence electrons. The van der Waals surface area contributed by atoms with Crippen molar-refractivity contribution in [2.45, 2.75) is 18.3 Å². The van der Waals surface area contributed by atoms with E-state index in [2.05, 4.69) is 43.1 Å². The van der Waals surface area contributed by atoms with Crippen LogP contribution in [0.3, 0.4) is 0 Å². The summed E-state index contributed by atoms with van der Waals surface area (Å²) in [6.07, 6.45) is 2.09. The molecule has 0 radical (unpaired) electrons. The van der Waals surface area contributed by atoms with E-state index in [0.717, 1.165) is 23.4 Å².